The minimum atomic E-state index is 0.201. The van der Waals surface area contributed by atoms with Crippen LogP contribution < -0.4 is 0 Å². The predicted octanol–water partition coefficient (Wildman–Crippen LogP) is 2.45. The van der Waals surface area contributed by atoms with Crippen molar-refractivity contribution in [2.75, 3.05) is 13.1 Å². The van der Waals surface area contributed by atoms with Gasteiger partial charge < -0.3 is 9.88 Å². The van der Waals surface area contributed by atoms with E-state index in [1.807, 2.05) is 35.4 Å². The first-order valence-electron chi connectivity index (χ1n) is 7.63. The zero-order valence-electron chi connectivity index (χ0n) is 12.2. The number of benzene rings is 1. The van der Waals surface area contributed by atoms with Crippen LogP contribution in [-0.4, -0.2) is 39.1 Å². The number of carbonyl (C=O) groups excluding carboxylic acids is 1. The minimum Gasteiger partial charge on any atom is -0.361 e. The highest BCUT2D eigenvalue weighted by atomic mass is 16.2. The van der Waals surface area contributed by atoms with Crippen molar-refractivity contribution < 1.29 is 4.79 Å². The van der Waals surface area contributed by atoms with Crippen molar-refractivity contribution in [2.24, 2.45) is 0 Å². The fraction of sp³-hybridized carbons (Fsp3) is 0.294. The van der Waals surface area contributed by atoms with Crippen LogP contribution in [0.25, 0.3) is 10.9 Å². The number of H-pyrrole nitrogens is 2. The van der Waals surface area contributed by atoms with Gasteiger partial charge in [-0.3, -0.25) is 9.89 Å². The van der Waals surface area contributed by atoms with Crippen molar-refractivity contribution in [3.8, 4) is 0 Å². The molecule has 0 spiro atoms. The molecule has 112 valence electrons. The topological polar surface area (TPSA) is 64.8 Å². The van der Waals surface area contributed by atoms with Crippen LogP contribution in [0.4, 0.5) is 0 Å². The lowest BCUT2D eigenvalue weighted by atomic mass is 10.1. The molecule has 0 saturated carbocycles. The Bertz CT molecular complexity index is 790. The van der Waals surface area contributed by atoms with Crippen LogP contribution in [0.2, 0.25) is 0 Å². The Morgan fingerprint density at radius 3 is 3.09 bits per heavy atom. The number of likely N-dealkylation sites (tertiary alicyclic amines) is 1. The molecular formula is C17H18N4O. The summed E-state index contributed by atoms with van der Waals surface area (Å²) in [7, 11) is 0. The maximum absolute atomic E-state index is 12.6. The Hall–Kier alpha value is -2.56. The Kier molecular flexibility index (Phi) is 3.18. The number of nitrogens with one attached hydrogen (secondary N) is 2. The number of aromatic amines is 2. The van der Waals surface area contributed by atoms with E-state index in [1.54, 1.807) is 6.20 Å². The van der Waals surface area contributed by atoms with Crippen molar-refractivity contribution in [3.05, 3.63) is 54.0 Å². The summed E-state index contributed by atoms with van der Waals surface area (Å²) < 4.78 is 0. The number of rotatable bonds is 3. The molecule has 3 heterocycles. The molecule has 1 unspecified atom stereocenters. The normalized spacial score (nSPS) is 18.2. The molecule has 2 N–H and O–H groups in total. The second-order valence-corrected chi connectivity index (χ2v) is 5.87. The zero-order chi connectivity index (χ0) is 14.9. The molecular weight excluding hydrogens is 276 g/mol. The van der Waals surface area contributed by atoms with Crippen LogP contribution in [0.1, 0.15) is 23.6 Å². The lowest BCUT2D eigenvalue weighted by molar-refractivity contribution is -0.129. The zero-order valence-corrected chi connectivity index (χ0v) is 12.2. The summed E-state index contributed by atoms with van der Waals surface area (Å²) in [6.45, 7) is 1.61. The van der Waals surface area contributed by atoms with Gasteiger partial charge in [-0.15, -0.1) is 0 Å². The third-order valence-electron chi connectivity index (χ3n) is 4.52. The average Bonchev–Trinajstić information content (AvgIpc) is 3.28. The number of hydrogen-bond acceptors (Lipinski definition) is 2. The number of para-hydroxylation sites is 1. The smallest absolute Gasteiger partial charge is 0.227 e. The van der Waals surface area contributed by atoms with Crippen molar-refractivity contribution in [1.29, 1.82) is 0 Å². The van der Waals surface area contributed by atoms with Gasteiger partial charge in [0.2, 0.25) is 5.91 Å². The molecule has 5 heteroatoms. The molecule has 1 aromatic carbocycles. The number of hydrogen-bond donors (Lipinski definition) is 2. The number of nitrogens with zero attached hydrogens (tertiary/aromatic N) is 2. The van der Waals surface area contributed by atoms with Crippen LogP contribution >= 0.6 is 0 Å². The molecule has 1 fully saturated rings. The summed E-state index contributed by atoms with van der Waals surface area (Å²) in [5.74, 6) is 0.584. The number of aromatic nitrogens is 3. The molecule has 5 nitrogen and oxygen atoms in total. The first kappa shape index (κ1) is 13.1. The lowest BCUT2D eigenvalue weighted by Crippen LogP contribution is -2.29. The maximum Gasteiger partial charge on any atom is 0.227 e. The van der Waals surface area contributed by atoms with Crippen LogP contribution in [-0.2, 0) is 11.2 Å². The Labute approximate surface area is 128 Å². The quantitative estimate of drug-likeness (QED) is 0.779. The Balaban J connectivity index is 1.47. The predicted molar refractivity (Wildman–Crippen MR) is 84.5 cm³/mol. The molecule has 0 aliphatic carbocycles. The van der Waals surface area contributed by atoms with Crippen LogP contribution in [0.5, 0.6) is 0 Å². The largest absolute Gasteiger partial charge is 0.361 e. The SMILES string of the molecule is O=C(Cc1c[nH]c2ccccc12)N1CCC(c2ccn[nH]2)C1. The van der Waals surface area contributed by atoms with Crippen LogP contribution in [0.3, 0.4) is 0 Å². The van der Waals surface area contributed by atoms with Gasteiger partial charge in [-0.2, -0.15) is 5.10 Å². The first-order valence-corrected chi connectivity index (χ1v) is 7.63. The van der Waals surface area contributed by atoms with E-state index >= 15 is 0 Å². The Morgan fingerprint density at radius 1 is 1.32 bits per heavy atom. The van der Waals surface area contributed by atoms with E-state index in [4.69, 9.17) is 0 Å². The summed E-state index contributed by atoms with van der Waals surface area (Å²) in [4.78, 5) is 17.8. The highest BCUT2D eigenvalue weighted by Crippen LogP contribution is 2.26. The Morgan fingerprint density at radius 2 is 2.23 bits per heavy atom. The molecule has 1 amide bonds. The third kappa shape index (κ3) is 2.28. The summed E-state index contributed by atoms with van der Waals surface area (Å²) in [6, 6.07) is 10.1. The average molecular weight is 294 g/mol. The van der Waals surface area contributed by atoms with Gasteiger partial charge >= 0.3 is 0 Å². The van der Waals surface area contributed by atoms with Crippen molar-refractivity contribution in [2.45, 2.75) is 18.8 Å². The molecule has 1 aliphatic rings. The highest BCUT2D eigenvalue weighted by molar-refractivity contribution is 5.89. The van der Waals surface area contributed by atoms with E-state index < -0.39 is 0 Å². The second kappa shape index (κ2) is 5.33. The minimum absolute atomic E-state index is 0.201. The van der Waals surface area contributed by atoms with Gasteiger partial charge in [0.15, 0.2) is 0 Å². The van der Waals surface area contributed by atoms with E-state index in [9.17, 15) is 4.79 Å². The molecule has 2 aromatic heterocycles. The van der Waals surface area contributed by atoms with Gasteiger partial charge in [-0.25, -0.2) is 0 Å². The van der Waals surface area contributed by atoms with Crippen LogP contribution in [0.15, 0.2) is 42.7 Å². The maximum atomic E-state index is 12.6. The van der Waals surface area contributed by atoms with E-state index in [2.05, 4.69) is 21.2 Å². The number of fused-ring (bicyclic) bond motifs is 1. The first-order chi connectivity index (χ1) is 10.8. The molecule has 1 aliphatic heterocycles. The third-order valence-corrected chi connectivity index (χ3v) is 4.52. The lowest BCUT2D eigenvalue weighted by Gasteiger charge is -2.16. The van der Waals surface area contributed by atoms with Crippen LogP contribution in [0, 0.1) is 0 Å². The molecule has 0 radical (unpaired) electrons. The van der Waals surface area contributed by atoms with Gasteiger partial charge in [0.25, 0.3) is 0 Å². The van der Waals surface area contributed by atoms with Gasteiger partial charge in [0, 0.05) is 48.0 Å². The second-order valence-electron chi connectivity index (χ2n) is 5.87. The van der Waals surface area contributed by atoms with Gasteiger partial charge in [-0.1, -0.05) is 18.2 Å². The van der Waals surface area contributed by atoms with Crippen molar-refractivity contribution in [1.82, 2.24) is 20.1 Å². The number of amides is 1. The molecule has 4 rings (SSSR count). The molecule has 1 saturated heterocycles. The summed E-state index contributed by atoms with van der Waals surface area (Å²) in [5.41, 5.74) is 3.29. The van der Waals surface area contributed by atoms with E-state index in [0.29, 0.717) is 12.3 Å². The summed E-state index contributed by atoms with van der Waals surface area (Å²) in [5, 5.41) is 8.15. The summed E-state index contributed by atoms with van der Waals surface area (Å²) >= 11 is 0. The van der Waals surface area contributed by atoms with Crippen molar-refractivity contribution >= 4 is 16.8 Å². The van der Waals surface area contributed by atoms with E-state index in [-0.39, 0.29) is 5.91 Å². The van der Waals surface area contributed by atoms with E-state index in [1.165, 1.54) is 0 Å². The van der Waals surface area contributed by atoms with Gasteiger partial charge in [0.05, 0.1) is 6.42 Å². The van der Waals surface area contributed by atoms with Gasteiger partial charge in [0.1, 0.15) is 0 Å². The van der Waals surface area contributed by atoms with Crippen molar-refractivity contribution in [3.63, 3.8) is 0 Å². The van der Waals surface area contributed by atoms with Gasteiger partial charge in [-0.05, 0) is 24.1 Å². The fourth-order valence-corrected chi connectivity index (χ4v) is 3.29. The molecule has 0 bridgehead atoms. The highest BCUT2D eigenvalue weighted by Gasteiger charge is 2.28. The molecule has 22 heavy (non-hydrogen) atoms. The summed E-state index contributed by atoms with van der Waals surface area (Å²) in [6.07, 6.45) is 5.18. The standard InChI is InChI=1S/C17H18N4O/c22-17(9-13-10-18-16-4-2-1-3-14(13)16)21-8-6-12(11-21)15-5-7-19-20-15/h1-5,7,10,12,18H,6,8-9,11H2,(H,19,20). The monoisotopic (exact) mass is 294 g/mol. The fourth-order valence-electron chi connectivity index (χ4n) is 3.29. The van der Waals surface area contributed by atoms with E-state index in [0.717, 1.165) is 41.7 Å². The number of carbonyl (C=O) groups is 1. The molecule has 3 aromatic rings. The molecule has 1 atom stereocenters.